The molecule has 1 aromatic carbocycles. The summed E-state index contributed by atoms with van der Waals surface area (Å²) in [5.74, 6) is 1.55. The van der Waals surface area contributed by atoms with Crippen LogP contribution in [0, 0.1) is 0 Å². The second-order valence-corrected chi connectivity index (χ2v) is 7.87. The minimum Gasteiger partial charge on any atom is -0.306 e. The van der Waals surface area contributed by atoms with Crippen LogP contribution in [0.5, 0.6) is 0 Å². The fourth-order valence-corrected chi connectivity index (χ4v) is 4.12. The third-order valence-electron chi connectivity index (χ3n) is 4.92. The highest BCUT2D eigenvalue weighted by molar-refractivity contribution is 7.13. The van der Waals surface area contributed by atoms with Crippen molar-refractivity contribution in [3.63, 3.8) is 0 Å². The molecule has 6 nitrogen and oxygen atoms in total. The second-order valence-electron chi connectivity index (χ2n) is 7.01. The van der Waals surface area contributed by atoms with Gasteiger partial charge in [0.15, 0.2) is 0 Å². The van der Waals surface area contributed by atoms with Gasteiger partial charge in [-0.05, 0) is 45.1 Å². The zero-order valence-electron chi connectivity index (χ0n) is 15.8. The summed E-state index contributed by atoms with van der Waals surface area (Å²) in [6.07, 6.45) is 2.19. The number of urea groups is 1. The molecule has 0 bridgehead atoms. The van der Waals surface area contributed by atoms with Gasteiger partial charge in [-0.2, -0.15) is 0 Å². The van der Waals surface area contributed by atoms with Gasteiger partial charge in [-0.1, -0.05) is 36.4 Å². The molecule has 4 rings (SSSR count). The SMILES string of the molecule is CN1CCC(c2cccc(NC(=O)Nc3csc(-c4ccccc4)n3)n2)CC1. The maximum atomic E-state index is 12.4. The Kier molecular flexibility index (Phi) is 5.64. The quantitative estimate of drug-likeness (QED) is 0.676. The minimum absolute atomic E-state index is 0.335. The number of nitrogens with zero attached hydrogens (tertiary/aromatic N) is 3. The molecule has 2 aromatic heterocycles. The Morgan fingerprint density at radius 3 is 2.54 bits per heavy atom. The molecule has 144 valence electrons. The molecule has 1 saturated heterocycles. The van der Waals surface area contributed by atoms with E-state index in [4.69, 9.17) is 0 Å². The van der Waals surface area contributed by atoms with Crippen LogP contribution >= 0.6 is 11.3 Å². The van der Waals surface area contributed by atoms with E-state index >= 15 is 0 Å². The van der Waals surface area contributed by atoms with Crippen molar-refractivity contribution in [3.8, 4) is 10.6 Å². The fraction of sp³-hybridized carbons (Fsp3) is 0.286. The molecule has 0 radical (unpaired) electrons. The summed E-state index contributed by atoms with van der Waals surface area (Å²) < 4.78 is 0. The van der Waals surface area contributed by atoms with Crippen LogP contribution in [0.15, 0.2) is 53.9 Å². The molecule has 2 amide bonds. The number of benzene rings is 1. The highest BCUT2D eigenvalue weighted by Crippen LogP contribution is 2.27. The van der Waals surface area contributed by atoms with E-state index in [0.717, 1.165) is 42.2 Å². The summed E-state index contributed by atoms with van der Waals surface area (Å²) in [6, 6.07) is 15.4. The normalized spacial score (nSPS) is 15.3. The second kappa shape index (κ2) is 8.50. The Morgan fingerprint density at radius 1 is 1.00 bits per heavy atom. The van der Waals surface area contributed by atoms with E-state index in [-0.39, 0.29) is 6.03 Å². The van der Waals surface area contributed by atoms with Crippen LogP contribution < -0.4 is 10.6 Å². The first-order valence-corrected chi connectivity index (χ1v) is 10.3. The number of amides is 2. The van der Waals surface area contributed by atoms with E-state index in [1.807, 2.05) is 53.9 Å². The number of carbonyl (C=O) groups excluding carboxylic acids is 1. The van der Waals surface area contributed by atoms with Gasteiger partial charge in [0.25, 0.3) is 0 Å². The summed E-state index contributed by atoms with van der Waals surface area (Å²) in [6.45, 7) is 2.16. The molecule has 0 atom stereocenters. The molecule has 28 heavy (non-hydrogen) atoms. The predicted molar refractivity (Wildman–Crippen MR) is 114 cm³/mol. The molecule has 0 saturated carbocycles. The number of rotatable bonds is 4. The number of pyridine rings is 1. The van der Waals surface area contributed by atoms with Crippen molar-refractivity contribution in [3.05, 3.63) is 59.6 Å². The fourth-order valence-electron chi connectivity index (χ4n) is 3.36. The van der Waals surface area contributed by atoms with Crippen LogP contribution in [0.3, 0.4) is 0 Å². The van der Waals surface area contributed by atoms with E-state index < -0.39 is 0 Å². The molecule has 0 spiro atoms. The molecular weight excluding hydrogens is 370 g/mol. The van der Waals surface area contributed by atoms with Gasteiger partial charge >= 0.3 is 6.03 Å². The molecule has 1 fully saturated rings. The van der Waals surface area contributed by atoms with Crippen molar-refractivity contribution in [2.24, 2.45) is 0 Å². The smallest absolute Gasteiger partial charge is 0.306 e. The maximum Gasteiger partial charge on any atom is 0.326 e. The number of hydrogen-bond donors (Lipinski definition) is 2. The highest BCUT2D eigenvalue weighted by atomic mass is 32.1. The summed E-state index contributed by atoms with van der Waals surface area (Å²) >= 11 is 1.50. The number of piperidine rings is 1. The molecule has 2 N–H and O–H groups in total. The van der Waals surface area contributed by atoms with Crippen LogP contribution in [0.1, 0.15) is 24.5 Å². The summed E-state index contributed by atoms with van der Waals surface area (Å²) in [4.78, 5) is 23.8. The average molecular weight is 394 g/mol. The van der Waals surface area contributed by atoms with E-state index in [2.05, 4.69) is 32.5 Å². The van der Waals surface area contributed by atoms with Crippen LogP contribution in [-0.4, -0.2) is 41.0 Å². The molecule has 3 heterocycles. The van der Waals surface area contributed by atoms with Crippen molar-refractivity contribution in [2.75, 3.05) is 30.8 Å². The van der Waals surface area contributed by atoms with Gasteiger partial charge in [-0.25, -0.2) is 14.8 Å². The number of hydrogen-bond acceptors (Lipinski definition) is 5. The van der Waals surface area contributed by atoms with Crippen LogP contribution in [0.25, 0.3) is 10.6 Å². The van der Waals surface area contributed by atoms with Crippen molar-refractivity contribution in [1.82, 2.24) is 14.9 Å². The first-order chi connectivity index (χ1) is 13.7. The summed E-state index contributed by atoms with van der Waals surface area (Å²) in [7, 11) is 2.15. The number of aromatic nitrogens is 2. The van der Waals surface area contributed by atoms with Gasteiger partial charge in [0.2, 0.25) is 0 Å². The topological polar surface area (TPSA) is 70.2 Å². The van der Waals surface area contributed by atoms with Gasteiger partial charge in [0.1, 0.15) is 16.6 Å². The number of likely N-dealkylation sites (tertiary alicyclic amines) is 1. The van der Waals surface area contributed by atoms with Crippen molar-refractivity contribution >= 4 is 29.0 Å². The third kappa shape index (κ3) is 4.55. The number of anilines is 2. The van der Waals surface area contributed by atoms with E-state index in [1.54, 1.807) is 0 Å². The summed E-state index contributed by atoms with van der Waals surface area (Å²) in [5, 5.41) is 8.32. The standard InChI is InChI=1S/C21H23N5OS/c1-26-12-10-15(11-13-26)17-8-5-9-18(22-17)24-21(27)25-19-14-28-20(23-19)16-6-3-2-4-7-16/h2-9,14-15H,10-13H2,1H3,(H2,22,24,25,27). The molecule has 7 heteroatoms. The average Bonchev–Trinajstić information content (AvgIpc) is 3.18. The Labute approximate surface area is 168 Å². The molecule has 3 aromatic rings. The van der Waals surface area contributed by atoms with Gasteiger partial charge in [0.05, 0.1) is 0 Å². The maximum absolute atomic E-state index is 12.4. The Morgan fingerprint density at radius 2 is 1.75 bits per heavy atom. The highest BCUT2D eigenvalue weighted by Gasteiger charge is 2.20. The van der Waals surface area contributed by atoms with Crippen molar-refractivity contribution < 1.29 is 4.79 Å². The largest absolute Gasteiger partial charge is 0.326 e. The monoisotopic (exact) mass is 393 g/mol. The lowest BCUT2D eigenvalue weighted by molar-refractivity contribution is 0.253. The third-order valence-corrected chi connectivity index (χ3v) is 5.81. The van der Waals surface area contributed by atoms with Gasteiger partial charge < -0.3 is 4.90 Å². The van der Waals surface area contributed by atoms with Gasteiger partial charge in [-0.15, -0.1) is 11.3 Å². The van der Waals surface area contributed by atoms with Gasteiger partial charge in [-0.3, -0.25) is 10.6 Å². The van der Waals surface area contributed by atoms with Crippen LogP contribution in [0.2, 0.25) is 0 Å². The molecule has 1 aliphatic rings. The van der Waals surface area contributed by atoms with E-state index in [9.17, 15) is 4.79 Å². The number of nitrogens with one attached hydrogen (secondary N) is 2. The van der Waals surface area contributed by atoms with Gasteiger partial charge in [0, 0.05) is 22.6 Å². The van der Waals surface area contributed by atoms with E-state index in [1.165, 1.54) is 11.3 Å². The number of carbonyl (C=O) groups is 1. The van der Waals surface area contributed by atoms with Crippen LogP contribution in [-0.2, 0) is 0 Å². The lowest BCUT2D eigenvalue weighted by Crippen LogP contribution is -2.29. The Hall–Kier alpha value is -2.77. The molecule has 1 aliphatic heterocycles. The first-order valence-electron chi connectivity index (χ1n) is 9.42. The first kappa shape index (κ1) is 18.6. The molecular formula is C21H23N5OS. The zero-order valence-corrected chi connectivity index (χ0v) is 16.6. The van der Waals surface area contributed by atoms with Crippen LogP contribution in [0.4, 0.5) is 16.4 Å². The van der Waals surface area contributed by atoms with Crippen molar-refractivity contribution in [2.45, 2.75) is 18.8 Å². The lowest BCUT2D eigenvalue weighted by Gasteiger charge is -2.28. The summed E-state index contributed by atoms with van der Waals surface area (Å²) in [5.41, 5.74) is 2.08. The molecule has 0 aliphatic carbocycles. The predicted octanol–water partition coefficient (Wildman–Crippen LogP) is 4.66. The Bertz CT molecular complexity index is 935. The zero-order chi connectivity index (χ0) is 19.3. The number of thiazole rings is 1. The molecule has 0 unspecified atom stereocenters. The minimum atomic E-state index is -0.335. The Balaban J connectivity index is 1.38. The van der Waals surface area contributed by atoms with Crippen molar-refractivity contribution in [1.29, 1.82) is 0 Å². The van der Waals surface area contributed by atoms with E-state index in [0.29, 0.717) is 17.6 Å². The lowest BCUT2D eigenvalue weighted by atomic mass is 9.93.